The molecule has 2 nitrogen and oxygen atoms in total. The number of hydrogen-bond acceptors (Lipinski definition) is 1. The van der Waals surface area contributed by atoms with Crippen LogP contribution in [0.2, 0.25) is 0 Å². The molecule has 0 saturated carbocycles. The monoisotopic (exact) mass is 463 g/mol. The average Bonchev–Trinajstić information content (AvgIpc) is 1.33. The molecule has 0 rings (SSSR count). The summed E-state index contributed by atoms with van der Waals surface area (Å²) in [6, 6.07) is 0. The van der Waals surface area contributed by atoms with Crippen molar-refractivity contribution in [1.29, 1.82) is 0 Å². The predicted molar refractivity (Wildman–Crippen MR) is 36.0 cm³/mol. The molecule has 0 aliphatic heterocycles. The molecule has 12 heavy (non-hydrogen) atoms. The van der Waals surface area contributed by atoms with Crippen molar-refractivity contribution < 1.29 is 214 Å². The fourth-order valence-corrected chi connectivity index (χ4v) is 0. The van der Waals surface area contributed by atoms with E-state index in [4.69, 9.17) is 59.0 Å². The second-order valence-electron chi connectivity index (χ2n) is 0.505. The molecule has 0 atom stereocenters. The summed E-state index contributed by atoms with van der Waals surface area (Å²) in [7, 11) is 21.0. The fourth-order valence-electron chi connectivity index (χ4n) is 0. The number of nitroso groups, excluding NO2 is 1. The third-order valence-corrected chi connectivity index (χ3v) is 0. The minimum Gasteiger partial charge on any atom is -0.577 e. The Morgan fingerprint density at radius 3 is 0.667 bits per heavy atom. The van der Waals surface area contributed by atoms with Gasteiger partial charge in [-0.25, -0.2) is 0 Å². The van der Waals surface area contributed by atoms with Crippen molar-refractivity contribution in [2.24, 2.45) is 0 Å². The second kappa shape index (κ2) is 19.2. The zero-order chi connectivity index (χ0) is 7.45. The molecular formula is Cl5K4NORu+3. The third kappa shape index (κ3) is 80.0. The molecule has 0 unspecified atom stereocenters. The Balaban J connectivity index is -0.0000000140. The summed E-state index contributed by atoms with van der Waals surface area (Å²) in [5, 5.41) is 0. The molecule has 0 spiro atoms. The largest absolute Gasteiger partial charge is 1.00 e. The first-order valence-electron chi connectivity index (χ1n) is 0.851. The van der Waals surface area contributed by atoms with Crippen LogP contribution < -0.4 is 206 Å². The smallest absolute Gasteiger partial charge is 0.577 e. The normalized spacial score (nSPS) is 9.92. The standard InChI is InChI=1S/5ClH.4K.NO.Ru/c;;;;;;;;;1-2;/h5*1H;;;;;;/q;;;;;4*+1;-1;+5/p-5. The molecule has 0 N–H and O–H groups in total. The van der Waals surface area contributed by atoms with E-state index in [1.807, 2.05) is 0 Å². The van der Waals surface area contributed by atoms with E-state index in [0.29, 0.717) is 0 Å². The molecular weight excluding hydrogens is 465 g/mol. The molecule has 0 heterocycles. The molecule has 0 bridgehead atoms. The van der Waals surface area contributed by atoms with Crippen molar-refractivity contribution in [3.05, 3.63) is 10.5 Å². The van der Waals surface area contributed by atoms with Crippen LogP contribution in [0.5, 0.6) is 0 Å². The van der Waals surface area contributed by atoms with Crippen LogP contribution in [0.15, 0.2) is 0 Å². The number of hydrogen-bond donors (Lipinski definition) is 0. The Bertz CT molecular complexity index is 66.3. The van der Waals surface area contributed by atoms with Crippen LogP contribution in [0.3, 0.4) is 0 Å². The van der Waals surface area contributed by atoms with E-state index in [0.717, 1.165) is 0 Å². The van der Waals surface area contributed by atoms with Gasteiger partial charge in [0.05, 0.1) is 0 Å². The van der Waals surface area contributed by atoms with Gasteiger partial charge in [0.1, 0.15) is 0 Å². The minimum absolute atomic E-state index is 0. The van der Waals surface area contributed by atoms with Crippen LogP contribution in [0.25, 0.3) is 5.59 Å². The van der Waals surface area contributed by atoms with Gasteiger partial charge in [0, 0.05) is 0 Å². The number of halogens is 5. The van der Waals surface area contributed by atoms with E-state index in [2.05, 4.69) is 0 Å². The molecule has 0 fully saturated rings. The molecule has 55 valence electrons. The van der Waals surface area contributed by atoms with Gasteiger partial charge in [-0.1, -0.05) is 0 Å². The molecule has 0 amide bonds. The maximum atomic E-state index is 7.25. The molecule has 0 aromatic rings. The third-order valence-electron chi connectivity index (χ3n) is 0. The maximum absolute atomic E-state index is 7.25. The average molecular weight is 465 g/mol. The summed E-state index contributed by atoms with van der Waals surface area (Å²) in [5.74, 6) is 0. The van der Waals surface area contributed by atoms with Crippen molar-refractivity contribution in [2.45, 2.75) is 0 Å². The first-order valence-corrected chi connectivity index (χ1v) is 12.0. The molecule has 0 aliphatic carbocycles. The van der Waals surface area contributed by atoms with Crippen molar-refractivity contribution in [2.75, 3.05) is 0 Å². The van der Waals surface area contributed by atoms with Gasteiger partial charge >= 0.3 is 263 Å². The Labute approximate surface area is 263 Å². The summed E-state index contributed by atoms with van der Waals surface area (Å²) in [6.45, 7) is 0. The number of rotatable bonds is 0. The number of nitrogens with zero attached hydrogens (tertiary/aromatic N) is 1. The van der Waals surface area contributed by atoms with Crippen LogP contribution >= 0.6 is 48.5 Å². The molecule has 0 aromatic heterocycles. The van der Waals surface area contributed by atoms with E-state index in [1.165, 1.54) is 0 Å². The van der Waals surface area contributed by atoms with Crippen LogP contribution in [0.1, 0.15) is 0 Å². The van der Waals surface area contributed by atoms with Gasteiger partial charge in [-0.05, 0) is 0 Å². The SMILES string of the molecule is [Cl][Ru]([Cl])([Cl])([Cl])[Cl].[K+].[K+].[K+].[K+].[N-]=O. The minimum atomic E-state index is -4.11. The summed E-state index contributed by atoms with van der Waals surface area (Å²) < 4.78 is 0. The molecule has 0 saturated heterocycles. The van der Waals surface area contributed by atoms with Crippen molar-refractivity contribution in [3.8, 4) is 0 Å². The second-order valence-corrected chi connectivity index (χ2v) is 26.9. The van der Waals surface area contributed by atoms with Crippen LogP contribution in [-0.4, -0.2) is 0 Å². The summed E-state index contributed by atoms with van der Waals surface area (Å²) in [6.07, 6.45) is 0. The van der Waals surface area contributed by atoms with Crippen LogP contribution in [0.4, 0.5) is 0 Å². The Morgan fingerprint density at radius 1 is 0.667 bits per heavy atom. The molecule has 0 aliphatic rings. The Hall–Kier alpha value is 8.22. The zero-order valence-electron chi connectivity index (χ0n) is 7.10. The van der Waals surface area contributed by atoms with E-state index in [9.17, 15) is 0 Å². The van der Waals surface area contributed by atoms with Gasteiger partial charge in [0.2, 0.25) is 0 Å². The Morgan fingerprint density at radius 2 is 0.667 bits per heavy atom. The summed E-state index contributed by atoms with van der Waals surface area (Å²) >= 11 is 0. The molecule has 0 aromatic carbocycles. The molecule has 0 radical (unpaired) electrons. The molecule has 12 heteroatoms. The van der Waals surface area contributed by atoms with Gasteiger partial charge in [0.25, 0.3) is 0 Å². The predicted octanol–water partition coefficient (Wildman–Crippen LogP) is -8.22. The van der Waals surface area contributed by atoms with Gasteiger partial charge in [-0.2, -0.15) is 0 Å². The zero-order valence-corrected chi connectivity index (χ0v) is 25.1. The van der Waals surface area contributed by atoms with Crippen LogP contribution in [-0.2, 0) is 8.65 Å². The van der Waals surface area contributed by atoms with Gasteiger partial charge in [-0.15, -0.1) is 0 Å². The maximum Gasteiger partial charge on any atom is 1.00 e. The quantitative estimate of drug-likeness (QED) is 0.328. The van der Waals surface area contributed by atoms with Gasteiger partial charge < -0.3 is 10.5 Å². The van der Waals surface area contributed by atoms with Gasteiger partial charge in [-0.3, -0.25) is 0 Å². The fraction of sp³-hybridized carbons (Fsp3) is 0. The topological polar surface area (TPSA) is 39.4 Å². The van der Waals surface area contributed by atoms with E-state index < -0.39 is 8.65 Å². The first-order chi connectivity index (χ1) is 3.24. The van der Waals surface area contributed by atoms with Crippen LogP contribution in [0, 0.1) is 4.91 Å². The first kappa shape index (κ1) is 36.9. The summed E-state index contributed by atoms with van der Waals surface area (Å²) in [5.41, 5.74) is 5.75. The van der Waals surface area contributed by atoms with E-state index in [1.54, 1.807) is 0 Å². The summed E-state index contributed by atoms with van der Waals surface area (Å²) in [4.78, 5) is 7.25. The van der Waals surface area contributed by atoms with Gasteiger partial charge in [0.15, 0.2) is 0 Å². The van der Waals surface area contributed by atoms with Crippen molar-refractivity contribution >= 4 is 48.5 Å². The van der Waals surface area contributed by atoms with Crippen molar-refractivity contribution in [3.63, 3.8) is 0 Å². The Kier molecular flexibility index (Phi) is 59.2. The van der Waals surface area contributed by atoms with E-state index >= 15 is 0 Å². The van der Waals surface area contributed by atoms with Crippen molar-refractivity contribution in [1.82, 2.24) is 0 Å². The van der Waals surface area contributed by atoms with E-state index in [-0.39, 0.29) is 206 Å².